The van der Waals surface area contributed by atoms with E-state index in [0.29, 0.717) is 5.75 Å². The first kappa shape index (κ1) is 17.2. The summed E-state index contributed by atoms with van der Waals surface area (Å²) in [6, 6.07) is 8.84. The van der Waals surface area contributed by atoms with Gasteiger partial charge in [0.15, 0.2) is 0 Å². The van der Waals surface area contributed by atoms with Gasteiger partial charge in [0.25, 0.3) is 0 Å². The van der Waals surface area contributed by atoms with Crippen molar-refractivity contribution in [2.24, 2.45) is 0 Å². The molecule has 0 heterocycles. The topological polar surface area (TPSA) is 44.8 Å². The summed E-state index contributed by atoms with van der Waals surface area (Å²) in [6.45, 7) is 4.25. The second kappa shape index (κ2) is 8.42. The van der Waals surface area contributed by atoms with Crippen LogP contribution in [0.25, 0.3) is 0 Å². The van der Waals surface area contributed by atoms with Crippen LogP contribution in [0.5, 0.6) is 5.75 Å². The van der Waals surface area contributed by atoms with E-state index in [2.05, 4.69) is 31.9 Å². The molecule has 0 bridgehead atoms. The highest BCUT2D eigenvalue weighted by Gasteiger charge is 2.29. The zero-order valence-electron chi connectivity index (χ0n) is 10.8. The highest BCUT2D eigenvalue weighted by molar-refractivity contribution is 9.09. The van der Waals surface area contributed by atoms with Crippen LogP contribution in [0.2, 0.25) is 0 Å². The lowest BCUT2D eigenvalue weighted by molar-refractivity contribution is 0.159. The van der Waals surface area contributed by atoms with Gasteiger partial charge in [-0.3, -0.25) is 9.05 Å². The van der Waals surface area contributed by atoms with Crippen LogP contribution in [0, 0.1) is 0 Å². The number of phosphoric acid groups is 1. The summed E-state index contributed by atoms with van der Waals surface area (Å²) < 4.78 is 28.4. The number of rotatable bonds is 8. The molecule has 108 valence electrons. The van der Waals surface area contributed by atoms with Crippen LogP contribution in [0.1, 0.15) is 13.8 Å². The molecule has 0 radical (unpaired) electrons. The SMILES string of the molecule is CC(Br)COP(=O)(OCC(C)Br)Oc1ccccc1. The molecular formula is C12H17Br2O4P. The fraction of sp³-hybridized carbons (Fsp3) is 0.500. The van der Waals surface area contributed by atoms with Gasteiger partial charge in [0.2, 0.25) is 0 Å². The van der Waals surface area contributed by atoms with Crippen LogP contribution >= 0.6 is 39.7 Å². The minimum Gasteiger partial charge on any atom is -0.404 e. The number of benzene rings is 1. The van der Waals surface area contributed by atoms with Crippen LogP contribution < -0.4 is 4.52 Å². The lowest BCUT2D eigenvalue weighted by atomic mass is 10.3. The maximum Gasteiger partial charge on any atom is 0.530 e. The van der Waals surface area contributed by atoms with E-state index in [9.17, 15) is 4.57 Å². The Labute approximate surface area is 130 Å². The fourth-order valence-electron chi connectivity index (χ4n) is 1.09. The summed E-state index contributed by atoms with van der Waals surface area (Å²) in [6.07, 6.45) is 0. The van der Waals surface area contributed by atoms with Gasteiger partial charge in [-0.15, -0.1) is 0 Å². The molecule has 0 fully saturated rings. The summed E-state index contributed by atoms with van der Waals surface area (Å²) in [7, 11) is -3.61. The van der Waals surface area contributed by atoms with Crippen molar-refractivity contribution in [3.05, 3.63) is 30.3 Å². The van der Waals surface area contributed by atoms with E-state index in [1.165, 1.54) is 0 Å². The lowest BCUT2D eigenvalue weighted by Gasteiger charge is -2.19. The number of hydrogen-bond acceptors (Lipinski definition) is 4. The van der Waals surface area contributed by atoms with Gasteiger partial charge in [-0.1, -0.05) is 63.9 Å². The molecule has 1 aromatic carbocycles. The van der Waals surface area contributed by atoms with Crippen LogP contribution in [0.15, 0.2) is 30.3 Å². The van der Waals surface area contributed by atoms with Crippen molar-refractivity contribution >= 4 is 39.7 Å². The Morgan fingerprint density at radius 2 is 1.53 bits per heavy atom. The molecule has 0 aromatic heterocycles. The standard InChI is InChI=1S/C12H17Br2O4P/c1-10(13)8-16-19(15,17-9-11(2)14)18-12-6-4-3-5-7-12/h3-7,10-11H,8-9H2,1-2H3. The summed E-state index contributed by atoms with van der Waals surface area (Å²) in [4.78, 5) is 0.121. The van der Waals surface area contributed by atoms with Crippen molar-refractivity contribution < 1.29 is 18.1 Å². The summed E-state index contributed by atoms with van der Waals surface area (Å²) in [5.41, 5.74) is 0. The predicted octanol–water partition coefficient (Wildman–Crippen LogP) is 4.77. The van der Waals surface area contributed by atoms with Crippen molar-refractivity contribution in [3.63, 3.8) is 0 Å². The molecule has 2 unspecified atom stereocenters. The predicted molar refractivity (Wildman–Crippen MR) is 83.4 cm³/mol. The van der Waals surface area contributed by atoms with E-state index in [0.717, 1.165) is 0 Å². The molecule has 0 spiro atoms. The Morgan fingerprint density at radius 3 is 1.95 bits per heavy atom. The molecule has 0 aliphatic carbocycles. The monoisotopic (exact) mass is 414 g/mol. The third-order valence-corrected chi connectivity index (χ3v) is 3.78. The Balaban J connectivity index is 2.70. The number of alkyl halides is 2. The Kier molecular flexibility index (Phi) is 7.62. The first-order chi connectivity index (χ1) is 8.91. The minimum atomic E-state index is -3.61. The second-order valence-electron chi connectivity index (χ2n) is 4.00. The van der Waals surface area contributed by atoms with E-state index in [4.69, 9.17) is 13.6 Å². The molecule has 0 saturated carbocycles. The first-order valence-corrected chi connectivity index (χ1v) is 9.12. The molecule has 0 aliphatic heterocycles. The van der Waals surface area contributed by atoms with Crippen LogP contribution in [0.3, 0.4) is 0 Å². The maximum absolute atomic E-state index is 12.5. The van der Waals surface area contributed by atoms with Crippen LogP contribution in [-0.2, 0) is 13.6 Å². The third kappa shape index (κ3) is 7.47. The van der Waals surface area contributed by atoms with Crippen molar-refractivity contribution in [1.82, 2.24) is 0 Å². The number of para-hydroxylation sites is 1. The quantitative estimate of drug-likeness (QED) is 0.453. The molecule has 4 nitrogen and oxygen atoms in total. The van der Waals surface area contributed by atoms with E-state index in [1.54, 1.807) is 24.3 Å². The van der Waals surface area contributed by atoms with Gasteiger partial charge in [0.1, 0.15) is 5.75 Å². The van der Waals surface area contributed by atoms with Crippen molar-refractivity contribution in [2.75, 3.05) is 13.2 Å². The smallest absolute Gasteiger partial charge is 0.404 e. The van der Waals surface area contributed by atoms with E-state index in [-0.39, 0.29) is 22.9 Å². The number of halogens is 2. The summed E-state index contributed by atoms with van der Waals surface area (Å²) in [5, 5.41) is 0. The molecular weight excluding hydrogens is 399 g/mol. The van der Waals surface area contributed by atoms with Gasteiger partial charge >= 0.3 is 7.82 Å². The molecule has 19 heavy (non-hydrogen) atoms. The van der Waals surface area contributed by atoms with E-state index < -0.39 is 7.82 Å². The van der Waals surface area contributed by atoms with Gasteiger partial charge in [-0.05, 0) is 12.1 Å². The van der Waals surface area contributed by atoms with Gasteiger partial charge in [-0.25, -0.2) is 4.57 Å². The fourth-order valence-corrected chi connectivity index (χ4v) is 3.13. The van der Waals surface area contributed by atoms with Crippen LogP contribution in [-0.4, -0.2) is 22.9 Å². The lowest BCUT2D eigenvalue weighted by Crippen LogP contribution is -2.11. The van der Waals surface area contributed by atoms with Crippen molar-refractivity contribution in [2.45, 2.75) is 23.5 Å². The summed E-state index contributed by atoms with van der Waals surface area (Å²) in [5.74, 6) is 0.454. The number of hydrogen-bond donors (Lipinski definition) is 0. The highest BCUT2D eigenvalue weighted by atomic mass is 79.9. The minimum absolute atomic E-state index is 0.0604. The Hall–Kier alpha value is 0.130. The molecule has 1 aromatic rings. The van der Waals surface area contributed by atoms with E-state index in [1.807, 2.05) is 19.9 Å². The number of phosphoric ester groups is 1. The summed E-state index contributed by atoms with van der Waals surface area (Å²) >= 11 is 6.65. The highest BCUT2D eigenvalue weighted by Crippen LogP contribution is 2.50. The Bertz CT molecular complexity index is 395. The maximum atomic E-state index is 12.5. The van der Waals surface area contributed by atoms with Gasteiger partial charge < -0.3 is 4.52 Å². The second-order valence-corrected chi connectivity index (χ2v) is 8.72. The van der Waals surface area contributed by atoms with Gasteiger partial charge in [0, 0.05) is 9.65 Å². The molecule has 7 heteroatoms. The molecule has 0 saturated heterocycles. The zero-order chi connectivity index (χ0) is 14.3. The third-order valence-electron chi connectivity index (χ3n) is 1.89. The average Bonchev–Trinajstić information content (AvgIpc) is 2.36. The normalized spacial score (nSPS) is 17.5. The van der Waals surface area contributed by atoms with Gasteiger partial charge in [-0.2, -0.15) is 0 Å². The van der Waals surface area contributed by atoms with Crippen LogP contribution in [0.4, 0.5) is 0 Å². The molecule has 0 N–H and O–H groups in total. The first-order valence-electron chi connectivity index (χ1n) is 5.83. The zero-order valence-corrected chi connectivity index (χ0v) is 14.9. The Morgan fingerprint density at radius 1 is 1.05 bits per heavy atom. The van der Waals surface area contributed by atoms with Crippen molar-refractivity contribution in [1.29, 1.82) is 0 Å². The van der Waals surface area contributed by atoms with E-state index >= 15 is 0 Å². The molecule has 1 rings (SSSR count). The van der Waals surface area contributed by atoms with Crippen molar-refractivity contribution in [3.8, 4) is 5.75 Å². The average molecular weight is 416 g/mol. The largest absolute Gasteiger partial charge is 0.530 e. The molecule has 2 atom stereocenters. The molecule has 0 amide bonds. The van der Waals surface area contributed by atoms with Gasteiger partial charge in [0.05, 0.1) is 13.2 Å². The molecule has 0 aliphatic rings.